The highest BCUT2D eigenvalue weighted by Gasteiger charge is 2.19. The van der Waals surface area contributed by atoms with Crippen LogP contribution < -0.4 is 0 Å². The van der Waals surface area contributed by atoms with Crippen molar-refractivity contribution in [1.29, 1.82) is 0 Å². The van der Waals surface area contributed by atoms with Crippen molar-refractivity contribution in [3.05, 3.63) is 48.6 Å². The van der Waals surface area contributed by atoms with Gasteiger partial charge in [-0.1, -0.05) is 345 Å². The average molecular weight is 1140 g/mol. The average Bonchev–Trinajstić information content (AvgIpc) is 3.47. The molecule has 6 heteroatoms. The van der Waals surface area contributed by atoms with Gasteiger partial charge in [0.25, 0.3) is 0 Å². The van der Waals surface area contributed by atoms with Crippen molar-refractivity contribution in [2.45, 2.75) is 399 Å². The molecule has 81 heavy (non-hydrogen) atoms. The molecular weight excluding hydrogens is 997 g/mol. The van der Waals surface area contributed by atoms with Gasteiger partial charge >= 0.3 is 17.9 Å². The third-order valence-electron chi connectivity index (χ3n) is 16.3. The van der Waals surface area contributed by atoms with Crippen molar-refractivity contribution in [1.82, 2.24) is 0 Å². The molecule has 0 aliphatic rings. The lowest BCUT2D eigenvalue weighted by molar-refractivity contribution is -0.167. The van der Waals surface area contributed by atoms with Crippen LogP contribution in [0.5, 0.6) is 0 Å². The van der Waals surface area contributed by atoms with Crippen LogP contribution in [0, 0.1) is 0 Å². The molecule has 0 aromatic rings. The van der Waals surface area contributed by atoms with E-state index in [-0.39, 0.29) is 31.1 Å². The zero-order valence-electron chi connectivity index (χ0n) is 54.6. The van der Waals surface area contributed by atoms with Gasteiger partial charge in [-0.15, -0.1) is 0 Å². The van der Waals surface area contributed by atoms with Gasteiger partial charge in [0.2, 0.25) is 0 Å². The van der Waals surface area contributed by atoms with E-state index >= 15 is 0 Å². The van der Waals surface area contributed by atoms with Crippen molar-refractivity contribution in [3.8, 4) is 0 Å². The molecule has 0 saturated heterocycles. The minimum absolute atomic E-state index is 0.0714. The quantitative estimate of drug-likeness (QED) is 0.0261. The van der Waals surface area contributed by atoms with E-state index < -0.39 is 6.10 Å². The Bertz CT molecular complexity index is 1400. The smallest absolute Gasteiger partial charge is 0.306 e. The second kappa shape index (κ2) is 69.9. The van der Waals surface area contributed by atoms with E-state index in [0.717, 1.165) is 77.0 Å². The highest BCUT2D eigenvalue weighted by Crippen LogP contribution is 2.18. The topological polar surface area (TPSA) is 78.9 Å². The van der Waals surface area contributed by atoms with Crippen LogP contribution in [0.3, 0.4) is 0 Å². The maximum atomic E-state index is 12.9. The fourth-order valence-corrected chi connectivity index (χ4v) is 10.8. The molecule has 1 unspecified atom stereocenters. The van der Waals surface area contributed by atoms with Crippen LogP contribution in [0.4, 0.5) is 0 Å². The number of carbonyl (C=O) groups excluding carboxylic acids is 3. The summed E-state index contributed by atoms with van der Waals surface area (Å²) in [4.78, 5) is 38.4. The fourth-order valence-electron chi connectivity index (χ4n) is 10.8. The predicted octanol–water partition coefficient (Wildman–Crippen LogP) is 24.9. The first-order valence-electron chi connectivity index (χ1n) is 36.1. The van der Waals surface area contributed by atoms with Crippen LogP contribution in [-0.4, -0.2) is 37.2 Å². The van der Waals surface area contributed by atoms with Gasteiger partial charge < -0.3 is 14.2 Å². The van der Waals surface area contributed by atoms with Gasteiger partial charge in [-0.25, -0.2) is 0 Å². The summed E-state index contributed by atoms with van der Waals surface area (Å²) in [5, 5.41) is 0. The molecule has 1 atom stereocenters. The maximum Gasteiger partial charge on any atom is 0.306 e. The molecule has 474 valence electrons. The third-order valence-corrected chi connectivity index (χ3v) is 16.3. The van der Waals surface area contributed by atoms with E-state index in [1.165, 1.54) is 276 Å². The van der Waals surface area contributed by atoms with Gasteiger partial charge in [-0.2, -0.15) is 0 Å². The highest BCUT2D eigenvalue weighted by atomic mass is 16.6. The number of unbranched alkanes of at least 4 members (excludes halogenated alkanes) is 48. The molecule has 0 aromatic heterocycles. The standard InChI is InChI=1S/C75H138O6/c1-4-7-10-13-16-19-22-24-26-28-30-32-34-35-36-37-38-39-41-42-44-46-48-50-53-56-59-62-65-68-74(77)80-71-72(70-79-73(76)67-64-61-58-55-52-21-18-15-12-9-6-3)81-75(78)69-66-63-60-57-54-51-49-47-45-43-40-33-31-29-27-25-23-20-17-14-11-8-5-2/h15,18,22,24,28,30,34-35,72H,4-14,16-17,19-21,23,25-27,29,31-33,36-71H2,1-3H3/b18-15-,24-22-,30-28-,35-34-. The molecule has 0 spiro atoms. The first-order valence-corrected chi connectivity index (χ1v) is 36.1. The number of hydrogen-bond donors (Lipinski definition) is 0. The molecule has 0 N–H and O–H groups in total. The summed E-state index contributed by atoms with van der Waals surface area (Å²) in [6, 6.07) is 0. The Kier molecular flexibility index (Phi) is 67.6. The molecule has 0 bridgehead atoms. The Morgan fingerprint density at radius 1 is 0.247 bits per heavy atom. The minimum Gasteiger partial charge on any atom is -0.462 e. The second-order valence-electron chi connectivity index (χ2n) is 24.5. The van der Waals surface area contributed by atoms with Crippen LogP contribution in [0.2, 0.25) is 0 Å². The van der Waals surface area contributed by atoms with E-state index in [4.69, 9.17) is 14.2 Å². The summed E-state index contributed by atoms with van der Waals surface area (Å²) >= 11 is 0. The van der Waals surface area contributed by atoms with E-state index in [0.29, 0.717) is 19.3 Å². The lowest BCUT2D eigenvalue weighted by atomic mass is 10.0. The van der Waals surface area contributed by atoms with E-state index in [1.54, 1.807) is 0 Å². The zero-order chi connectivity index (χ0) is 58.5. The molecule has 0 aliphatic heterocycles. The largest absolute Gasteiger partial charge is 0.462 e. The number of allylic oxidation sites excluding steroid dienone is 8. The van der Waals surface area contributed by atoms with Crippen molar-refractivity contribution in [2.24, 2.45) is 0 Å². The molecular formula is C75H138O6. The maximum absolute atomic E-state index is 12.9. The summed E-state index contributed by atoms with van der Waals surface area (Å²) in [6.45, 7) is 6.65. The minimum atomic E-state index is -0.775. The van der Waals surface area contributed by atoms with Crippen LogP contribution in [0.1, 0.15) is 393 Å². The van der Waals surface area contributed by atoms with Crippen molar-refractivity contribution in [2.75, 3.05) is 13.2 Å². The van der Waals surface area contributed by atoms with Crippen molar-refractivity contribution < 1.29 is 28.6 Å². The van der Waals surface area contributed by atoms with Crippen molar-refractivity contribution >= 4 is 17.9 Å². The number of hydrogen-bond acceptors (Lipinski definition) is 6. The third kappa shape index (κ3) is 68.0. The Balaban J connectivity index is 4.16. The van der Waals surface area contributed by atoms with Crippen LogP contribution in [0.15, 0.2) is 48.6 Å². The summed E-state index contributed by atoms with van der Waals surface area (Å²) < 4.78 is 17.0. The summed E-state index contributed by atoms with van der Waals surface area (Å²) in [5.41, 5.74) is 0. The zero-order valence-corrected chi connectivity index (χ0v) is 54.6. The second-order valence-corrected chi connectivity index (χ2v) is 24.5. The van der Waals surface area contributed by atoms with Crippen molar-refractivity contribution in [3.63, 3.8) is 0 Å². The molecule has 0 rings (SSSR count). The van der Waals surface area contributed by atoms with Crippen LogP contribution in [0.25, 0.3) is 0 Å². The number of carbonyl (C=O) groups is 3. The molecule has 0 saturated carbocycles. The molecule has 6 nitrogen and oxygen atoms in total. The van der Waals surface area contributed by atoms with E-state index in [2.05, 4.69) is 69.4 Å². The normalized spacial score (nSPS) is 12.3. The van der Waals surface area contributed by atoms with Gasteiger partial charge in [0.1, 0.15) is 13.2 Å². The molecule has 0 heterocycles. The van der Waals surface area contributed by atoms with Gasteiger partial charge in [-0.3, -0.25) is 14.4 Å². The van der Waals surface area contributed by atoms with E-state index in [1.807, 2.05) is 0 Å². The number of rotatable bonds is 67. The van der Waals surface area contributed by atoms with Gasteiger partial charge in [0, 0.05) is 19.3 Å². The Morgan fingerprint density at radius 2 is 0.457 bits per heavy atom. The molecule has 0 aliphatic carbocycles. The SMILES string of the molecule is CCCC/C=C\CCCCCCCC(=O)OCC(COC(=O)CCCCCCCCCCCCCCCC/C=C\C/C=C\C/C=C\CCCCCCC)OC(=O)CCCCCCCCCCCCCCCCCCCCCCCCC. The lowest BCUT2D eigenvalue weighted by Crippen LogP contribution is -2.30. The Hall–Kier alpha value is -2.63. The summed E-state index contributed by atoms with van der Waals surface area (Å²) in [5.74, 6) is -0.856. The summed E-state index contributed by atoms with van der Waals surface area (Å²) in [6.07, 6.45) is 88.7. The molecule has 0 radical (unpaired) electrons. The van der Waals surface area contributed by atoms with E-state index in [9.17, 15) is 14.4 Å². The van der Waals surface area contributed by atoms with Gasteiger partial charge in [-0.05, 0) is 77.0 Å². The number of esters is 3. The lowest BCUT2D eigenvalue weighted by Gasteiger charge is -2.18. The molecule has 0 aromatic carbocycles. The first kappa shape index (κ1) is 78.4. The predicted molar refractivity (Wildman–Crippen MR) is 353 cm³/mol. The van der Waals surface area contributed by atoms with Crippen LogP contribution in [-0.2, 0) is 28.6 Å². The number of ether oxygens (including phenoxy) is 3. The monoisotopic (exact) mass is 1140 g/mol. The fraction of sp³-hybridized carbons (Fsp3) is 0.853. The van der Waals surface area contributed by atoms with Gasteiger partial charge in [0.15, 0.2) is 6.10 Å². The highest BCUT2D eigenvalue weighted by molar-refractivity contribution is 5.71. The molecule has 0 fully saturated rings. The first-order chi connectivity index (χ1) is 40.0. The van der Waals surface area contributed by atoms with Crippen LogP contribution >= 0.6 is 0 Å². The molecule has 0 amide bonds. The van der Waals surface area contributed by atoms with Gasteiger partial charge in [0.05, 0.1) is 0 Å². The Morgan fingerprint density at radius 3 is 0.741 bits per heavy atom. The summed E-state index contributed by atoms with van der Waals surface area (Å²) in [7, 11) is 0. The Labute approximate surface area is 505 Å².